The fourth-order valence-corrected chi connectivity index (χ4v) is 6.24. The standard InChI is InChI=1S/C23H33NO3/c1-14(2)20(25)24-21-22(3,4)16-12-18-19(27-10-9-23(18,21)13-16)15-7-6-8-17(11-15)26-5/h6-8,11,14,16,18-19,21H,9-10,12-13H2,1-5H3,(H,24,25)/t16-,18-,19-,21+,23?/m1/s1. The number of carbonyl (C=O) groups is 1. The van der Waals surface area contributed by atoms with Gasteiger partial charge in [0.05, 0.1) is 13.2 Å². The lowest BCUT2D eigenvalue weighted by Gasteiger charge is -2.53. The van der Waals surface area contributed by atoms with Gasteiger partial charge in [-0.1, -0.05) is 39.8 Å². The molecular formula is C23H33NO3. The molecule has 1 saturated heterocycles. The van der Waals surface area contributed by atoms with Crippen LogP contribution in [0.4, 0.5) is 0 Å². The zero-order valence-corrected chi connectivity index (χ0v) is 17.2. The molecule has 1 aromatic rings. The molecule has 1 spiro atoms. The van der Waals surface area contributed by atoms with E-state index in [1.807, 2.05) is 26.0 Å². The highest BCUT2D eigenvalue weighted by Gasteiger charge is 2.68. The summed E-state index contributed by atoms with van der Waals surface area (Å²) >= 11 is 0. The molecule has 1 heterocycles. The minimum absolute atomic E-state index is 0.0174. The van der Waals surface area contributed by atoms with Crippen molar-refractivity contribution in [2.45, 2.75) is 59.1 Å². The number of ether oxygens (including phenoxy) is 2. The molecule has 1 unspecified atom stereocenters. The third-order valence-corrected chi connectivity index (χ3v) is 7.74. The van der Waals surface area contributed by atoms with Crippen LogP contribution in [-0.2, 0) is 9.53 Å². The van der Waals surface area contributed by atoms with Gasteiger partial charge in [-0.25, -0.2) is 0 Å². The molecule has 1 N–H and O–H groups in total. The van der Waals surface area contributed by atoms with E-state index in [-0.39, 0.29) is 34.8 Å². The highest BCUT2D eigenvalue weighted by atomic mass is 16.5. The molecular weight excluding hydrogens is 338 g/mol. The maximum absolute atomic E-state index is 12.6. The molecule has 3 fully saturated rings. The smallest absolute Gasteiger partial charge is 0.222 e. The molecule has 148 valence electrons. The SMILES string of the molecule is COc1cccc([C@H]2OCCC34C[C@@H](C[C@H]23)C(C)(C)[C@@H]4NC(=O)C(C)C)c1. The van der Waals surface area contributed by atoms with Crippen molar-refractivity contribution in [1.29, 1.82) is 0 Å². The van der Waals surface area contributed by atoms with Crippen LogP contribution in [0.1, 0.15) is 58.6 Å². The Morgan fingerprint density at radius 2 is 2.11 bits per heavy atom. The van der Waals surface area contributed by atoms with Crippen LogP contribution in [0, 0.1) is 28.6 Å². The summed E-state index contributed by atoms with van der Waals surface area (Å²) in [6, 6.07) is 8.53. The van der Waals surface area contributed by atoms with Gasteiger partial charge >= 0.3 is 0 Å². The maximum Gasteiger partial charge on any atom is 0.222 e. The van der Waals surface area contributed by atoms with Crippen LogP contribution in [0.5, 0.6) is 5.75 Å². The molecule has 27 heavy (non-hydrogen) atoms. The molecule has 4 rings (SSSR count). The zero-order valence-electron chi connectivity index (χ0n) is 17.2. The summed E-state index contributed by atoms with van der Waals surface area (Å²) in [4.78, 5) is 12.6. The van der Waals surface area contributed by atoms with E-state index in [1.165, 1.54) is 18.4 Å². The minimum Gasteiger partial charge on any atom is -0.497 e. The Balaban J connectivity index is 1.68. The van der Waals surface area contributed by atoms with E-state index < -0.39 is 0 Å². The molecule has 2 aliphatic carbocycles. The minimum atomic E-state index is 0.0174. The molecule has 2 saturated carbocycles. The second-order valence-electron chi connectivity index (χ2n) is 9.71. The average molecular weight is 372 g/mol. The van der Waals surface area contributed by atoms with Gasteiger partial charge in [0.15, 0.2) is 0 Å². The summed E-state index contributed by atoms with van der Waals surface area (Å²) in [5.41, 5.74) is 1.49. The second-order valence-corrected chi connectivity index (χ2v) is 9.71. The van der Waals surface area contributed by atoms with E-state index >= 15 is 0 Å². The van der Waals surface area contributed by atoms with E-state index in [4.69, 9.17) is 9.47 Å². The Morgan fingerprint density at radius 1 is 1.33 bits per heavy atom. The predicted octanol–water partition coefficient (Wildman–Crippen LogP) is 4.35. The first kappa shape index (κ1) is 18.8. The monoisotopic (exact) mass is 371 g/mol. The Hall–Kier alpha value is -1.55. The Morgan fingerprint density at radius 3 is 2.81 bits per heavy atom. The van der Waals surface area contributed by atoms with Crippen LogP contribution in [0.2, 0.25) is 0 Å². The average Bonchev–Trinajstić information content (AvgIpc) is 3.14. The van der Waals surface area contributed by atoms with Crippen LogP contribution in [0.15, 0.2) is 24.3 Å². The molecule has 1 amide bonds. The number of fused-ring (bicyclic) bond motifs is 1. The second kappa shape index (κ2) is 6.51. The van der Waals surface area contributed by atoms with Gasteiger partial charge in [-0.05, 0) is 59.6 Å². The van der Waals surface area contributed by atoms with Gasteiger partial charge in [0.1, 0.15) is 5.75 Å². The summed E-state index contributed by atoms with van der Waals surface area (Å²) in [6.07, 6.45) is 3.52. The first-order valence-corrected chi connectivity index (χ1v) is 10.4. The first-order valence-electron chi connectivity index (χ1n) is 10.4. The third-order valence-electron chi connectivity index (χ3n) is 7.74. The number of hydrogen-bond donors (Lipinski definition) is 1. The van der Waals surface area contributed by atoms with Crippen LogP contribution >= 0.6 is 0 Å². The fourth-order valence-electron chi connectivity index (χ4n) is 6.24. The van der Waals surface area contributed by atoms with E-state index in [0.29, 0.717) is 11.8 Å². The van der Waals surface area contributed by atoms with Crippen LogP contribution in [-0.4, -0.2) is 25.7 Å². The summed E-state index contributed by atoms with van der Waals surface area (Å²) in [6.45, 7) is 9.42. The van der Waals surface area contributed by atoms with Crippen LogP contribution < -0.4 is 10.1 Å². The van der Waals surface area contributed by atoms with Crippen molar-refractivity contribution in [3.05, 3.63) is 29.8 Å². The largest absolute Gasteiger partial charge is 0.497 e. The summed E-state index contributed by atoms with van der Waals surface area (Å²) < 4.78 is 11.8. The number of nitrogens with one attached hydrogen (secondary N) is 1. The summed E-state index contributed by atoms with van der Waals surface area (Å²) in [5, 5.41) is 3.47. The Kier molecular flexibility index (Phi) is 4.53. The topological polar surface area (TPSA) is 47.6 Å². The lowest BCUT2D eigenvalue weighted by Crippen LogP contribution is -2.59. The molecule has 1 aliphatic heterocycles. The lowest BCUT2D eigenvalue weighted by molar-refractivity contribution is -0.139. The number of carbonyl (C=O) groups excluding carboxylic acids is 1. The van der Waals surface area contributed by atoms with Gasteiger partial charge in [0.25, 0.3) is 0 Å². The fraction of sp³-hybridized carbons (Fsp3) is 0.696. The zero-order chi connectivity index (χ0) is 19.4. The van der Waals surface area contributed by atoms with Crippen molar-refractivity contribution in [2.75, 3.05) is 13.7 Å². The van der Waals surface area contributed by atoms with Gasteiger partial charge in [0.2, 0.25) is 5.91 Å². The van der Waals surface area contributed by atoms with Crippen molar-refractivity contribution in [1.82, 2.24) is 5.32 Å². The number of benzene rings is 1. The van der Waals surface area contributed by atoms with Crippen LogP contribution in [0.3, 0.4) is 0 Å². The van der Waals surface area contributed by atoms with Gasteiger partial charge in [-0.3, -0.25) is 4.79 Å². The van der Waals surface area contributed by atoms with Gasteiger partial charge in [0, 0.05) is 18.6 Å². The van der Waals surface area contributed by atoms with Crippen LogP contribution in [0.25, 0.3) is 0 Å². The molecule has 4 nitrogen and oxygen atoms in total. The molecule has 0 aromatic heterocycles. The molecule has 2 bridgehead atoms. The van der Waals surface area contributed by atoms with Crippen molar-refractivity contribution in [2.24, 2.45) is 28.6 Å². The van der Waals surface area contributed by atoms with Gasteiger partial charge in [-0.15, -0.1) is 0 Å². The van der Waals surface area contributed by atoms with Crippen molar-refractivity contribution in [3.8, 4) is 5.75 Å². The summed E-state index contributed by atoms with van der Waals surface area (Å²) in [5.74, 6) is 2.16. The number of amides is 1. The molecule has 4 heteroatoms. The highest BCUT2D eigenvalue weighted by molar-refractivity contribution is 5.78. The summed E-state index contributed by atoms with van der Waals surface area (Å²) in [7, 11) is 1.71. The van der Waals surface area contributed by atoms with Crippen molar-refractivity contribution >= 4 is 5.91 Å². The highest BCUT2D eigenvalue weighted by Crippen LogP contribution is 2.70. The Bertz CT molecular complexity index is 728. The Labute approximate surface area is 163 Å². The molecule has 1 aromatic carbocycles. The normalized spacial score (nSPS) is 36.5. The lowest BCUT2D eigenvalue weighted by atomic mass is 9.58. The quantitative estimate of drug-likeness (QED) is 0.856. The van der Waals surface area contributed by atoms with Gasteiger partial charge < -0.3 is 14.8 Å². The van der Waals surface area contributed by atoms with E-state index in [2.05, 4.69) is 31.3 Å². The number of methoxy groups -OCH3 is 1. The molecule has 3 aliphatic rings. The third kappa shape index (κ3) is 2.79. The predicted molar refractivity (Wildman–Crippen MR) is 106 cm³/mol. The molecule has 0 radical (unpaired) electrons. The maximum atomic E-state index is 12.6. The first-order chi connectivity index (χ1) is 12.8. The van der Waals surface area contributed by atoms with E-state index in [9.17, 15) is 4.79 Å². The van der Waals surface area contributed by atoms with Gasteiger partial charge in [-0.2, -0.15) is 0 Å². The number of rotatable bonds is 4. The number of hydrogen-bond acceptors (Lipinski definition) is 3. The molecule has 5 atom stereocenters. The van der Waals surface area contributed by atoms with E-state index in [0.717, 1.165) is 18.8 Å². The van der Waals surface area contributed by atoms with Crippen molar-refractivity contribution in [3.63, 3.8) is 0 Å². The van der Waals surface area contributed by atoms with E-state index in [1.54, 1.807) is 7.11 Å². The van der Waals surface area contributed by atoms with Crippen molar-refractivity contribution < 1.29 is 14.3 Å².